The van der Waals surface area contributed by atoms with Gasteiger partial charge in [0.15, 0.2) is 0 Å². The fourth-order valence-electron chi connectivity index (χ4n) is 3.32. The van der Waals surface area contributed by atoms with E-state index in [1.54, 1.807) is 0 Å². The number of hydrogen-bond acceptors (Lipinski definition) is 2. The minimum Gasteiger partial charge on any atom is -0.490 e. The quantitative estimate of drug-likeness (QED) is 0.719. The molecule has 0 atom stereocenters. The maximum absolute atomic E-state index is 12.6. The summed E-state index contributed by atoms with van der Waals surface area (Å²) in [6.45, 7) is 1.96. The number of nitrogens with one attached hydrogen (secondary N) is 2. The van der Waals surface area contributed by atoms with Crippen molar-refractivity contribution in [3.63, 3.8) is 0 Å². The van der Waals surface area contributed by atoms with E-state index in [2.05, 4.69) is 10.6 Å². The van der Waals surface area contributed by atoms with E-state index < -0.39 is 11.7 Å². The van der Waals surface area contributed by atoms with Gasteiger partial charge in [-0.3, -0.25) is 0 Å². The van der Waals surface area contributed by atoms with E-state index in [0.29, 0.717) is 5.75 Å². The molecule has 7 heteroatoms. The molecular weight excluding hydrogens is 369 g/mol. The van der Waals surface area contributed by atoms with Gasteiger partial charge in [0.1, 0.15) is 5.75 Å². The van der Waals surface area contributed by atoms with Crippen molar-refractivity contribution in [3.05, 3.63) is 59.7 Å². The van der Waals surface area contributed by atoms with Gasteiger partial charge in [-0.1, -0.05) is 12.1 Å². The number of rotatable bonds is 4. The van der Waals surface area contributed by atoms with Gasteiger partial charge in [0, 0.05) is 11.7 Å². The van der Waals surface area contributed by atoms with Crippen LogP contribution in [0.4, 0.5) is 23.7 Å². The SMILES string of the molecule is Cc1cccc(NC(=O)NC2CCC(Oc3ccc(C(F)(F)F)cc3)CC2)c1. The molecule has 0 unspecified atom stereocenters. The molecule has 2 aromatic carbocycles. The molecule has 0 bridgehead atoms. The third-order valence-corrected chi connectivity index (χ3v) is 4.77. The first-order valence-corrected chi connectivity index (χ1v) is 9.28. The summed E-state index contributed by atoms with van der Waals surface area (Å²) in [7, 11) is 0. The number of carbonyl (C=O) groups excluding carboxylic acids is 1. The minimum atomic E-state index is -4.35. The molecule has 1 saturated carbocycles. The molecule has 2 aromatic rings. The molecule has 1 aliphatic carbocycles. The largest absolute Gasteiger partial charge is 0.490 e. The topological polar surface area (TPSA) is 50.4 Å². The fraction of sp³-hybridized carbons (Fsp3) is 0.381. The maximum atomic E-state index is 12.6. The van der Waals surface area contributed by atoms with Crippen molar-refractivity contribution in [3.8, 4) is 5.75 Å². The highest BCUT2D eigenvalue weighted by molar-refractivity contribution is 5.89. The Bertz CT molecular complexity index is 798. The van der Waals surface area contributed by atoms with Crippen LogP contribution in [-0.4, -0.2) is 18.2 Å². The number of amides is 2. The van der Waals surface area contributed by atoms with E-state index in [1.165, 1.54) is 12.1 Å². The lowest BCUT2D eigenvalue weighted by molar-refractivity contribution is -0.137. The Morgan fingerprint density at radius 1 is 1.04 bits per heavy atom. The number of carbonyl (C=O) groups is 1. The average molecular weight is 392 g/mol. The molecule has 0 radical (unpaired) electrons. The van der Waals surface area contributed by atoms with Crippen LogP contribution in [-0.2, 0) is 6.18 Å². The average Bonchev–Trinajstić information content (AvgIpc) is 2.63. The molecule has 0 aromatic heterocycles. The van der Waals surface area contributed by atoms with Crippen LogP contribution in [0.2, 0.25) is 0 Å². The highest BCUT2D eigenvalue weighted by atomic mass is 19.4. The summed E-state index contributed by atoms with van der Waals surface area (Å²) in [6, 6.07) is 12.1. The van der Waals surface area contributed by atoms with Gasteiger partial charge in [-0.25, -0.2) is 4.79 Å². The van der Waals surface area contributed by atoms with Gasteiger partial charge in [-0.15, -0.1) is 0 Å². The summed E-state index contributed by atoms with van der Waals surface area (Å²) >= 11 is 0. The Labute approximate surface area is 162 Å². The van der Waals surface area contributed by atoms with Crippen LogP contribution in [0, 0.1) is 6.92 Å². The standard InChI is InChI=1S/C21H23F3N2O2/c1-14-3-2-4-17(13-14)26-20(27)25-16-7-11-19(12-8-16)28-18-9-5-15(6-10-18)21(22,23)24/h2-6,9-10,13,16,19H,7-8,11-12H2,1H3,(H2,25,26,27). The highest BCUT2D eigenvalue weighted by Gasteiger charge is 2.30. The zero-order chi connectivity index (χ0) is 20.1. The number of urea groups is 1. The summed E-state index contributed by atoms with van der Waals surface area (Å²) in [5.41, 5.74) is 1.13. The molecule has 2 amide bonds. The number of ether oxygens (including phenoxy) is 1. The first kappa shape index (κ1) is 20.0. The number of benzene rings is 2. The number of alkyl halides is 3. The molecule has 1 fully saturated rings. The Morgan fingerprint density at radius 2 is 1.71 bits per heavy atom. The first-order valence-electron chi connectivity index (χ1n) is 9.28. The predicted molar refractivity (Wildman–Crippen MR) is 101 cm³/mol. The second-order valence-electron chi connectivity index (χ2n) is 7.08. The van der Waals surface area contributed by atoms with Gasteiger partial charge < -0.3 is 15.4 Å². The third kappa shape index (κ3) is 5.65. The monoisotopic (exact) mass is 392 g/mol. The van der Waals surface area contributed by atoms with Gasteiger partial charge in [0.25, 0.3) is 0 Å². The van der Waals surface area contributed by atoms with Crippen molar-refractivity contribution >= 4 is 11.7 Å². The van der Waals surface area contributed by atoms with E-state index in [1.807, 2.05) is 31.2 Å². The van der Waals surface area contributed by atoms with Crippen molar-refractivity contribution in [2.24, 2.45) is 0 Å². The van der Waals surface area contributed by atoms with Crippen LogP contribution in [0.15, 0.2) is 48.5 Å². The highest BCUT2D eigenvalue weighted by Crippen LogP contribution is 2.31. The van der Waals surface area contributed by atoms with E-state index in [-0.39, 0.29) is 18.2 Å². The lowest BCUT2D eigenvalue weighted by atomic mass is 9.93. The lowest BCUT2D eigenvalue weighted by Crippen LogP contribution is -2.41. The number of anilines is 1. The Hall–Kier alpha value is -2.70. The second kappa shape index (κ2) is 8.54. The van der Waals surface area contributed by atoms with Crippen LogP contribution in [0.1, 0.15) is 36.8 Å². The van der Waals surface area contributed by atoms with Gasteiger partial charge in [0.2, 0.25) is 0 Å². The summed E-state index contributed by atoms with van der Waals surface area (Å²) in [5.74, 6) is 0.432. The Kier molecular flexibility index (Phi) is 6.11. The number of aryl methyl sites for hydroxylation is 1. The number of halogens is 3. The van der Waals surface area contributed by atoms with E-state index >= 15 is 0 Å². The van der Waals surface area contributed by atoms with E-state index in [0.717, 1.165) is 49.1 Å². The van der Waals surface area contributed by atoms with E-state index in [4.69, 9.17) is 4.74 Å². The first-order chi connectivity index (χ1) is 13.3. The van der Waals surface area contributed by atoms with Crippen molar-refractivity contribution in [2.75, 3.05) is 5.32 Å². The molecule has 0 spiro atoms. The van der Waals surface area contributed by atoms with Crippen LogP contribution in [0.25, 0.3) is 0 Å². The summed E-state index contributed by atoms with van der Waals surface area (Å²) in [6.07, 6.45) is -1.43. The normalized spacial score (nSPS) is 19.7. The molecule has 4 nitrogen and oxygen atoms in total. The van der Waals surface area contributed by atoms with Crippen molar-refractivity contribution in [1.29, 1.82) is 0 Å². The van der Waals surface area contributed by atoms with E-state index in [9.17, 15) is 18.0 Å². The van der Waals surface area contributed by atoms with Crippen LogP contribution >= 0.6 is 0 Å². The fourth-order valence-corrected chi connectivity index (χ4v) is 3.32. The van der Waals surface area contributed by atoms with Gasteiger partial charge in [-0.05, 0) is 74.6 Å². The van der Waals surface area contributed by atoms with Crippen LogP contribution in [0.3, 0.4) is 0 Å². The summed E-state index contributed by atoms with van der Waals surface area (Å²) in [5, 5.41) is 5.79. The minimum absolute atomic E-state index is 0.0530. The van der Waals surface area contributed by atoms with Crippen LogP contribution in [0.5, 0.6) is 5.75 Å². The van der Waals surface area contributed by atoms with Crippen molar-refractivity contribution in [2.45, 2.75) is 50.9 Å². The number of hydrogen-bond donors (Lipinski definition) is 2. The molecule has 28 heavy (non-hydrogen) atoms. The van der Waals surface area contributed by atoms with Gasteiger partial charge in [-0.2, -0.15) is 13.2 Å². The zero-order valence-corrected chi connectivity index (χ0v) is 15.6. The summed E-state index contributed by atoms with van der Waals surface area (Å²) < 4.78 is 43.6. The smallest absolute Gasteiger partial charge is 0.416 e. The molecular formula is C21H23F3N2O2. The molecule has 0 aliphatic heterocycles. The molecule has 0 saturated heterocycles. The summed E-state index contributed by atoms with van der Waals surface area (Å²) in [4.78, 5) is 12.1. The molecule has 0 heterocycles. The third-order valence-electron chi connectivity index (χ3n) is 4.77. The predicted octanol–water partition coefficient (Wildman–Crippen LogP) is 5.53. The van der Waals surface area contributed by atoms with Gasteiger partial charge >= 0.3 is 12.2 Å². The molecule has 3 rings (SSSR count). The van der Waals surface area contributed by atoms with Crippen LogP contribution < -0.4 is 15.4 Å². The Morgan fingerprint density at radius 3 is 2.32 bits per heavy atom. The second-order valence-corrected chi connectivity index (χ2v) is 7.08. The van der Waals surface area contributed by atoms with Gasteiger partial charge in [0.05, 0.1) is 11.7 Å². The molecule has 150 valence electrons. The molecule has 2 N–H and O–H groups in total. The maximum Gasteiger partial charge on any atom is 0.416 e. The molecule has 1 aliphatic rings. The van der Waals surface area contributed by atoms with Crippen molar-refractivity contribution in [1.82, 2.24) is 5.32 Å². The van der Waals surface area contributed by atoms with Crippen molar-refractivity contribution < 1.29 is 22.7 Å². The Balaban J connectivity index is 1.43. The zero-order valence-electron chi connectivity index (χ0n) is 15.6. The lowest BCUT2D eigenvalue weighted by Gasteiger charge is -2.29.